The van der Waals surface area contributed by atoms with Crippen molar-refractivity contribution in [3.8, 4) is 23.3 Å². The number of carbonyl (C=O) groups excluding carboxylic acids is 1. The number of hydrogen-bond donors (Lipinski definition) is 1. The number of carbonyl (C=O) groups is 1. The molecule has 2 aromatic carbocycles. The molecule has 0 unspecified atom stereocenters. The second-order valence-electron chi connectivity index (χ2n) is 8.13. The Hall–Kier alpha value is -3.49. The van der Waals surface area contributed by atoms with E-state index in [1.54, 1.807) is 24.3 Å². The number of hydrogen-bond acceptors (Lipinski definition) is 7. The van der Waals surface area contributed by atoms with Gasteiger partial charge in [0.1, 0.15) is 5.75 Å². The van der Waals surface area contributed by atoms with Crippen LogP contribution in [0.5, 0.6) is 17.2 Å². The molecule has 2 fully saturated rings. The first-order valence-corrected chi connectivity index (χ1v) is 12.0. The molecule has 11 heteroatoms. The van der Waals surface area contributed by atoms with E-state index in [4.69, 9.17) is 14.7 Å². The van der Waals surface area contributed by atoms with Gasteiger partial charge in [-0.1, -0.05) is 6.07 Å². The zero-order valence-corrected chi connectivity index (χ0v) is 20.2. The van der Waals surface area contributed by atoms with Crippen LogP contribution in [0.2, 0.25) is 0 Å². The number of amidine groups is 1. The largest absolute Gasteiger partial charge is 0.493 e. The maximum Gasteiger partial charge on any atom is 0.420 e. The van der Waals surface area contributed by atoms with Crippen LogP contribution in [-0.2, 0) is 11.0 Å². The Morgan fingerprint density at radius 1 is 1.17 bits per heavy atom. The van der Waals surface area contributed by atoms with Gasteiger partial charge < -0.3 is 19.7 Å². The van der Waals surface area contributed by atoms with Crippen molar-refractivity contribution >= 4 is 28.9 Å². The first kappa shape index (κ1) is 25.6. The monoisotopic (exact) mass is 516 g/mol. The fourth-order valence-corrected chi connectivity index (χ4v) is 4.69. The zero-order valence-electron chi connectivity index (χ0n) is 19.4. The van der Waals surface area contributed by atoms with Gasteiger partial charge in [-0.05, 0) is 79.7 Å². The molecule has 0 radical (unpaired) electrons. The van der Waals surface area contributed by atoms with E-state index in [1.807, 2.05) is 0 Å². The van der Waals surface area contributed by atoms with Crippen molar-refractivity contribution in [1.82, 2.24) is 10.2 Å². The number of amides is 1. The first-order valence-electron chi connectivity index (χ1n) is 11.2. The van der Waals surface area contributed by atoms with Crippen molar-refractivity contribution in [2.45, 2.75) is 19.0 Å². The van der Waals surface area contributed by atoms with Gasteiger partial charge in [0.05, 0.1) is 35.8 Å². The molecule has 0 aliphatic carbocycles. The summed E-state index contributed by atoms with van der Waals surface area (Å²) in [7, 11) is 1.37. The van der Waals surface area contributed by atoms with Crippen LogP contribution in [0.25, 0.3) is 6.08 Å². The van der Waals surface area contributed by atoms with E-state index in [9.17, 15) is 18.0 Å². The lowest BCUT2D eigenvalue weighted by molar-refractivity contribution is -0.138. The molecule has 4 rings (SSSR count). The number of likely N-dealkylation sites (tertiary alicyclic amines) is 1. The van der Waals surface area contributed by atoms with Crippen LogP contribution in [0.15, 0.2) is 46.3 Å². The van der Waals surface area contributed by atoms with Crippen molar-refractivity contribution in [3.05, 3.63) is 58.0 Å². The zero-order chi connectivity index (χ0) is 25.7. The Bertz CT molecular complexity index is 1250. The lowest BCUT2D eigenvalue weighted by Gasteiger charge is -2.16. The molecule has 1 N–H and O–H groups in total. The van der Waals surface area contributed by atoms with Gasteiger partial charge in [0.25, 0.3) is 5.91 Å². The average Bonchev–Trinajstić information content (AvgIpc) is 3.49. The molecule has 0 bridgehead atoms. The van der Waals surface area contributed by atoms with Gasteiger partial charge in [-0.15, -0.1) is 0 Å². The number of nitrogens with one attached hydrogen (secondary N) is 1. The molecule has 0 saturated carbocycles. The summed E-state index contributed by atoms with van der Waals surface area (Å²) in [6.07, 6.45) is -0.642. The molecule has 2 saturated heterocycles. The van der Waals surface area contributed by atoms with Gasteiger partial charge in [-0.25, -0.2) is 0 Å². The third-order valence-electron chi connectivity index (χ3n) is 5.64. The predicted molar refractivity (Wildman–Crippen MR) is 131 cm³/mol. The summed E-state index contributed by atoms with van der Waals surface area (Å²) < 4.78 is 51.3. The average molecular weight is 517 g/mol. The minimum Gasteiger partial charge on any atom is -0.493 e. The SMILES string of the molecule is COc1cc(/C=C2/SC(=NCCN3CCCC3)NC2=O)ccc1Oc1ccc(C#N)cc1C(F)(F)F. The molecule has 7 nitrogen and oxygen atoms in total. The highest BCUT2D eigenvalue weighted by atomic mass is 32.2. The van der Waals surface area contributed by atoms with Crippen molar-refractivity contribution in [2.24, 2.45) is 4.99 Å². The quantitative estimate of drug-likeness (QED) is 0.520. The minimum atomic E-state index is -4.71. The van der Waals surface area contributed by atoms with Crippen LogP contribution in [0.3, 0.4) is 0 Å². The summed E-state index contributed by atoms with van der Waals surface area (Å²) in [6.45, 7) is 3.62. The highest BCUT2D eigenvalue weighted by Gasteiger charge is 2.35. The van der Waals surface area contributed by atoms with E-state index in [-0.39, 0.29) is 23.0 Å². The molecule has 2 aliphatic rings. The summed E-state index contributed by atoms with van der Waals surface area (Å²) in [5.41, 5.74) is -0.591. The number of thioether (sulfide) groups is 1. The smallest absolute Gasteiger partial charge is 0.420 e. The van der Waals surface area contributed by atoms with Gasteiger partial charge in [0.2, 0.25) is 0 Å². The third-order valence-corrected chi connectivity index (χ3v) is 6.59. The molecule has 36 heavy (non-hydrogen) atoms. The standard InChI is InChI=1S/C25H23F3N4O3S/c1-34-21-13-16(14-22-23(33)31-24(36-22)30-8-11-32-9-2-3-10-32)4-7-20(21)35-19-6-5-17(15-29)12-18(19)25(26,27)28/h4-7,12-14H,2-3,8-11H2,1H3,(H,30,31,33)/b22-14+. The lowest BCUT2D eigenvalue weighted by Crippen LogP contribution is -2.24. The van der Waals surface area contributed by atoms with Gasteiger partial charge in [0.15, 0.2) is 16.7 Å². The molecule has 0 spiro atoms. The van der Waals surface area contributed by atoms with Gasteiger partial charge in [0, 0.05) is 6.54 Å². The second kappa shape index (κ2) is 11.1. The van der Waals surface area contributed by atoms with Gasteiger partial charge in [-0.2, -0.15) is 18.4 Å². The van der Waals surface area contributed by atoms with E-state index in [2.05, 4.69) is 15.2 Å². The predicted octanol–water partition coefficient (Wildman–Crippen LogP) is 5.03. The highest BCUT2D eigenvalue weighted by Crippen LogP contribution is 2.41. The first-order chi connectivity index (χ1) is 17.3. The number of aliphatic imine (C=N–C) groups is 1. The number of benzene rings is 2. The summed E-state index contributed by atoms with van der Waals surface area (Å²) in [5.74, 6) is -0.481. The number of rotatable bonds is 7. The fraction of sp³-hybridized carbons (Fsp3) is 0.320. The van der Waals surface area contributed by atoms with E-state index < -0.39 is 17.5 Å². The molecule has 0 aromatic heterocycles. The van der Waals surface area contributed by atoms with Crippen LogP contribution in [0.4, 0.5) is 13.2 Å². The van der Waals surface area contributed by atoms with Crippen molar-refractivity contribution in [2.75, 3.05) is 33.3 Å². The molecule has 2 aliphatic heterocycles. The highest BCUT2D eigenvalue weighted by molar-refractivity contribution is 8.18. The van der Waals surface area contributed by atoms with Crippen LogP contribution in [0.1, 0.15) is 29.5 Å². The minimum absolute atomic E-state index is 0.0579. The van der Waals surface area contributed by atoms with Crippen LogP contribution in [-0.4, -0.2) is 49.3 Å². The van der Waals surface area contributed by atoms with Gasteiger partial charge >= 0.3 is 6.18 Å². The molecular formula is C25H23F3N4O3S. The van der Waals surface area contributed by atoms with Crippen LogP contribution >= 0.6 is 11.8 Å². The number of methoxy groups -OCH3 is 1. The van der Waals surface area contributed by atoms with E-state index in [1.165, 1.54) is 43.8 Å². The molecular weight excluding hydrogens is 493 g/mol. The Kier molecular flexibility index (Phi) is 7.86. The molecule has 0 atom stereocenters. The molecule has 2 aromatic rings. The van der Waals surface area contributed by atoms with E-state index in [0.717, 1.165) is 31.8 Å². The summed E-state index contributed by atoms with van der Waals surface area (Å²) in [4.78, 5) is 19.6. The van der Waals surface area contributed by atoms with E-state index >= 15 is 0 Å². The summed E-state index contributed by atoms with van der Waals surface area (Å²) in [6, 6.07) is 9.41. The Morgan fingerprint density at radius 3 is 2.61 bits per heavy atom. The van der Waals surface area contributed by atoms with Crippen molar-refractivity contribution in [1.29, 1.82) is 5.26 Å². The Balaban J connectivity index is 1.49. The third kappa shape index (κ3) is 6.19. The molecule has 2 heterocycles. The maximum atomic E-state index is 13.5. The number of nitrogens with zero attached hydrogens (tertiary/aromatic N) is 3. The summed E-state index contributed by atoms with van der Waals surface area (Å²) in [5, 5.41) is 12.2. The van der Waals surface area contributed by atoms with Crippen LogP contribution in [0, 0.1) is 11.3 Å². The topological polar surface area (TPSA) is 86.9 Å². The molecule has 1 amide bonds. The Labute approximate surface area is 210 Å². The second-order valence-corrected chi connectivity index (χ2v) is 9.16. The van der Waals surface area contributed by atoms with Crippen LogP contribution < -0.4 is 14.8 Å². The lowest BCUT2D eigenvalue weighted by atomic mass is 10.1. The number of nitriles is 1. The fourth-order valence-electron chi connectivity index (χ4n) is 3.84. The van der Waals surface area contributed by atoms with Gasteiger partial charge in [-0.3, -0.25) is 9.79 Å². The molecule has 188 valence electrons. The number of ether oxygens (including phenoxy) is 2. The number of alkyl halides is 3. The van der Waals surface area contributed by atoms with Crippen molar-refractivity contribution in [3.63, 3.8) is 0 Å². The summed E-state index contributed by atoms with van der Waals surface area (Å²) >= 11 is 1.23. The van der Waals surface area contributed by atoms with Crippen molar-refractivity contribution < 1.29 is 27.4 Å². The normalized spacial score (nSPS) is 18.5. The number of halogens is 3. The van der Waals surface area contributed by atoms with E-state index in [0.29, 0.717) is 22.2 Å². The maximum absolute atomic E-state index is 13.5. The Morgan fingerprint density at radius 2 is 1.92 bits per heavy atom.